The number of piperazine rings is 1. The summed E-state index contributed by atoms with van der Waals surface area (Å²) in [5.41, 5.74) is 3.89. The fourth-order valence-corrected chi connectivity index (χ4v) is 3.78. The number of rotatable bonds is 6. The van der Waals surface area contributed by atoms with Gasteiger partial charge in [-0.3, -0.25) is 0 Å². The van der Waals surface area contributed by atoms with Crippen molar-refractivity contribution in [3.63, 3.8) is 0 Å². The number of aliphatic hydroxyl groups excluding tert-OH is 1. The van der Waals surface area contributed by atoms with Crippen LogP contribution in [0.1, 0.15) is 43.4 Å². The molecule has 0 bridgehead atoms. The highest BCUT2D eigenvalue weighted by atomic mass is 16.3. The third kappa shape index (κ3) is 4.25. The molecular formula is C19H31N3O. The molecular weight excluding hydrogens is 286 g/mol. The van der Waals surface area contributed by atoms with Crippen LogP contribution in [0.2, 0.25) is 0 Å². The second kappa shape index (κ2) is 8.13. The Morgan fingerprint density at radius 2 is 2.00 bits per heavy atom. The Morgan fingerprint density at radius 1 is 1.17 bits per heavy atom. The number of hydrogen-bond donors (Lipinski definition) is 2. The highest BCUT2D eigenvalue weighted by Gasteiger charge is 2.19. The number of benzene rings is 1. The molecule has 4 heteroatoms. The molecule has 2 aliphatic rings. The average molecular weight is 317 g/mol. The molecule has 0 aromatic heterocycles. The first-order valence-corrected chi connectivity index (χ1v) is 9.27. The van der Waals surface area contributed by atoms with Crippen LogP contribution in [0.25, 0.3) is 0 Å². The zero-order chi connectivity index (χ0) is 16.1. The molecule has 1 aromatic rings. The number of aliphatic hydroxyl groups is 1. The van der Waals surface area contributed by atoms with Crippen molar-refractivity contribution in [1.82, 2.24) is 10.2 Å². The number of anilines is 1. The molecule has 1 fully saturated rings. The molecule has 4 nitrogen and oxygen atoms in total. The number of hydrogen-bond acceptors (Lipinski definition) is 4. The first-order valence-electron chi connectivity index (χ1n) is 9.27. The second-order valence-corrected chi connectivity index (χ2v) is 6.87. The zero-order valence-electron chi connectivity index (χ0n) is 14.4. The smallest absolute Gasteiger partial charge is 0.0803 e. The van der Waals surface area contributed by atoms with Crippen LogP contribution in [0.5, 0.6) is 0 Å². The molecule has 2 aliphatic heterocycles. The van der Waals surface area contributed by atoms with E-state index in [9.17, 15) is 5.11 Å². The number of aryl methyl sites for hydroxylation is 1. The van der Waals surface area contributed by atoms with Crippen LogP contribution in [0.15, 0.2) is 18.2 Å². The van der Waals surface area contributed by atoms with Crippen molar-refractivity contribution in [2.24, 2.45) is 0 Å². The molecule has 1 saturated heterocycles. The zero-order valence-corrected chi connectivity index (χ0v) is 14.4. The van der Waals surface area contributed by atoms with Crippen molar-refractivity contribution in [3.8, 4) is 0 Å². The van der Waals surface area contributed by atoms with Gasteiger partial charge in [0.1, 0.15) is 0 Å². The van der Waals surface area contributed by atoms with E-state index in [1.165, 1.54) is 30.5 Å². The number of nitrogens with zero attached hydrogens (tertiary/aromatic N) is 2. The standard InChI is InChI=1S/C19H31N3O/c1-2-10-22-11-3-4-16-5-6-17(15-18(16)22)19(23)7-12-21-13-8-20-9-14-21/h5-6,15,19-20,23H,2-4,7-14H2,1H3. The maximum absolute atomic E-state index is 10.6. The lowest BCUT2D eigenvalue weighted by molar-refractivity contribution is 0.136. The average Bonchev–Trinajstić information content (AvgIpc) is 2.61. The van der Waals surface area contributed by atoms with Gasteiger partial charge in [-0.2, -0.15) is 0 Å². The van der Waals surface area contributed by atoms with Gasteiger partial charge in [0.15, 0.2) is 0 Å². The van der Waals surface area contributed by atoms with Crippen LogP contribution in [-0.2, 0) is 6.42 Å². The highest BCUT2D eigenvalue weighted by molar-refractivity contribution is 5.57. The molecule has 0 radical (unpaired) electrons. The van der Waals surface area contributed by atoms with Crippen LogP contribution >= 0.6 is 0 Å². The Hall–Kier alpha value is -1.10. The van der Waals surface area contributed by atoms with E-state index in [0.717, 1.165) is 57.8 Å². The normalized spacial score (nSPS) is 20.3. The van der Waals surface area contributed by atoms with Gasteiger partial charge in [-0.1, -0.05) is 19.1 Å². The van der Waals surface area contributed by atoms with Crippen LogP contribution in [-0.4, -0.2) is 55.8 Å². The van der Waals surface area contributed by atoms with E-state index in [4.69, 9.17) is 0 Å². The van der Waals surface area contributed by atoms with Crippen LogP contribution in [0, 0.1) is 0 Å². The fourth-order valence-electron chi connectivity index (χ4n) is 3.78. The van der Waals surface area contributed by atoms with Gasteiger partial charge in [-0.25, -0.2) is 0 Å². The van der Waals surface area contributed by atoms with Crippen molar-refractivity contribution >= 4 is 5.69 Å². The predicted molar refractivity (Wildman–Crippen MR) is 96.2 cm³/mol. The number of nitrogens with one attached hydrogen (secondary N) is 1. The number of fused-ring (bicyclic) bond motifs is 1. The largest absolute Gasteiger partial charge is 0.388 e. The quantitative estimate of drug-likeness (QED) is 0.843. The van der Waals surface area contributed by atoms with Crippen molar-refractivity contribution in [1.29, 1.82) is 0 Å². The maximum atomic E-state index is 10.6. The van der Waals surface area contributed by atoms with E-state index < -0.39 is 0 Å². The van der Waals surface area contributed by atoms with Gasteiger partial charge in [0.2, 0.25) is 0 Å². The van der Waals surface area contributed by atoms with E-state index in [1.807, 2.05) is 0 Å². The van der Waals surface area contributed by atoms with Crippen LogP contribution in [0.3, 0.4) is 0 Å². The summed E-state index contributed by atoms with van der Waals surface area (Å²) in [7, 11) is 0. The molecule has 23 heavy (non-hydrogen) atoms. The highest BCUT2D eigenvalue weighted by Crippen LogP contribution is 2.31. The topological polar surface area (TPSA) is 38.7 Å². The molecule has 1 atom stereocenters. The minimum absolute atomic E-state index is 0.347. The summed E-state index contributed by atoms with van der Waals surface area (Å²) in [6.07, 6.45) is 4.08. The molecule has 0 amide bonds. The van der Waals surface area contributed by atoms with Gasteiger partial charge in [-0.05, 0) is 42.9 Å². The lowest BCUT2D eigenvalue weighted by Crippen LogP contribution is -2.44. The summed E-state index contributed by atoms with van der Waals surface area (Å²) in [6.45, 7) is 9.83. The van der Waals surface area contributed by atoms with Gasteiger partial charge in [0.05, 0.1) is 6.10 Å². The Labute approximate surface area is 140 Å². The lowest BCUT2D eigenvalue weighted by Gasteiger charge is -2.32. The molecule has 2 N–H and O–H groups in total. The van der Waals surface area contributed by atoms with Crippen molar-refractivity contribution in [2.45, 2.75) is 38.7 Å². The Kier molecular flexibility index (Phi) is 5.92. The van der Waals surface area contributed by atoms with E-state index >= 15 is 0 Å². The monoisotopic (exact) mass is 317 g/mol. The maximum Gasteiger partial charge on any atom is 0.0803 e. The molecule has 128 valence electrons. The van der Waals surface area contributed by atoms with E-state index in [0.29, 0.717) is 0 Å². The molecule has 2 heterocycles. The minimum atomic E-state index is -0.347. The van der Waals surface area contributed by atoms with Gasteiger partial charge in [0.25, 0.3) is 0 Å². The lowest BCUT2D eigenvalue weighted by atomic mass is 9.96. The molecule has 0 aliphatic carbocycles. The van der Waals surface area contributed by atoms with Crippen LogP contribution < -0.4 is 10.2 Å². The summed E-state index contributed by atoms with van der Waals surface area (Å²) in [6, 6.07) is 6.61. The molecule has 3 rings (SSSR count). The summed E-state index contributed by atoms with van der Waals surface area (Å²) >= 11 is 0. The summed E-state index contributed by atoms with van der Waals surface area (Å²) in [5, 5.41) is 14.0. The molecule has 0 saturated carbocycles. The summed E-state index contributed by atoms with van der Waals surface area (Å²) in [5.74, 6) is 0. The minimum Gasteiger partial charge on any atom is -0.388 e. The van der Waals surface area contributed by atoms with Crippen molar-refractivity contribution in [3.05, 3.63) is 29.3 Å². The van der Waals surface area contributed by atoms with E-state index in [2.05, 4.69) is 40.2 Å². The Balaban J connectivity index is 1.63. The summed E-state index contributed by atoms with van der Waals surface area (Å²) < 4.78 is 0. The Morgan fingerprint density at radius 3 is 2.78 bits per heavy atom. The third-order valence-electron chi connectivity index (χ3n) is 5.13. The molecule has 1 aromatic carbocycles. The molecule has 1 unspecified atom stereocenters. The van der Waals surface area contributed by atoms with Crippen LogP contribution in [0.4, 0.5) is 5.69 Å². The Bertz CT molecular complexity index is 499. The fraction of sp³-hybridized carbons (Fsp3) is 0.684. The third-order valence-corrected chi connectivity index (χ3v) is 5.13. The van der Waals surface area contributed by atoms with Gasteiger partial charge in [0, 0.05) is 51.5 Å². The van der Waals surface area contributed by atoms with E-state index in [-0.39, 0.29) is 6.10 Å². The molecule has 0 spiro atoms. The second-order valence-electron chi connectivity index (χ2n) is 6.87. The van der Waals surface area contributed by atoms with Crippen molar-refractivity contribution in [2.75, 3.05) is 50.7 Å². The summed E-state index contributed by atoms with van der Waals surface area (Å²) in [4.78, 5) is 4.94. The van der Waals surface area contributed by atoms with Gasteiger partial charge in [-0.15, -0.1) is 0 Å². The van der Waals surface area contributed by atoms with Gasteiger partial charge >= 0.3 is 0 Å². The first kappa shape index (κ1) is 16.7. The predicted octanol–water partition coefficient (Wildman–Crippen LogP) is 2.18. The van der Waals surface area contributed by atoms with Crippen molar-refractivity contribution < 1.29 is 5.11 Å². The van der Waals surface area contributed by atoms with E-state index in [1.54, 1.807) is 0 Å². The first-order chi connectivity index (χ1) is 11.3. The van der Waals surface area contributed by atoms with Gasteiger partial charge < -0.3 is 20.2 Å². The SMILES string of the molecule is CCCN1CCCc2ccc(C(O)CCN3CCNCC3)cc21.